The highest BCUT2D eigenvalue weighted by Gasteiger charge is 2.34. The van der Waals surface area contributed by atoms with Gasteiger partial charge in [0.2, 0.25) is 0 Å². The maximum Gasteiger partial charge on any atom is 0.328 e. The number of nitrogens with zero attached hydrogens (tertiary/aromatic N) is 1. The Morgan fingerprint density at radius 1 is 1.12 bits per heavy atom. The lowest BCUT2D eigenvalue weighted by molar-refractivity contribution is -0.149. The lowest BCUT2D eigenvalue weighted by Crippen LogP contribution is -2.33. The average molecular weight is 364 g/mol. The Hall–Kier alpha value is -1.85. The predicted molar refractivity (Wildman–Crippen MR) is 101 cm³/mol. The molecule has 0 saturated heterocycles. The van der Waals surface area contributed by atoms with Gasteiger partial charge in [-0.1, -0.05) is 20.3 Å². The highest BCUT2D eigenvalue weighted by atomic mass is 16.5. The zero-order valence-electron chi connectivity index (χ0n) is 16.5. The highest BCUT2D eigenvalue weighted by Crippen LogP contribution is 2.36. The molecule has 0 radical (unpaired) electrons. The second-order valence-electron chi connectivity index (χ2n) is 7.86. The normalized spacial score (nSPS) is 22.5. The van der Waals surface area contributed by atoms with Crippen molar-refractivity contribution in [1.29, 1.82) is 0 Å². The van der Waals surface area contributed by atoms with Crippen LogP contribution in [0.5, 0.6) is 0 Å². The zero-order chi connectivity index (χ0) is 19.3. The number of aromatic amines is 1. The Bertz CT molecular complexity index is 734. The summed E-state index contributed by atoms with van der Waals surface area (Å²) in [4.78, 5) is 37.9. The molecule has 1 heterocycles. The molecule has 1 saturated carbocycles. The summed E-state index contributed by atoms with van der Waals surface area (Å²) in [6, 6.07) is 0. The summed E-state index contributed by atoms with van der Waals surface area (Å²) in [5, 5.41) is 0. The number of carbonyl (C=O) groups excluding carboxylic acids is 1. The van der Waals surface area contributed by atoms with E-state index in [1.165, 1.54) is 0 Å². The van der Waals surface area contributed by atoms with Crippen LogP contribution >= 0.6 is 0 Å². The molecular weight excluding hydrogens is 332 g/mol. The van der Waals surface area contributed by atoms with Crippen LogP contribution in [0, 0.1) is 31.6 Å². The Morgan fingerprint density at radius 2 is 1.81 bits per heavy atom. The van der Waals surface area contributed by atoms with Gasteiger partial charge in [-0.2, -0.15) is 0 Å². The molecule has 1 aromatic rings. The van der Waals surface area contributed by atoms with E-state index in [2.05, 4.69) is 18.8 Å². The van der Waals surface area contributed by atoms with Gasteiger partial charge in [0.05, 0.1) is 12.5 Å². The van der Waals surface area contributed by atoms with Crippen molar-refractivity contribution in [2.75, 3.05) is 6.61 Å². The second kappa shape index (κ2) is 9.19. The van der Waals surface area contributed by atoms with Gasteiger partial charge in [-0.15, -0.1) is 0 Å². The molecule has 0 spiro atoms. The van der Waals surface area contributed by atoms with Gasteiger partial charge in [0.25, 0.3) is 5.56 Å². The van der Waals surface area contributed by atoms with E-state index in [9.17, 15) is 14.4 Å². The van der Waals surface area contributed by atoms with Gasteiger partial charge in [-0.05, 0) is 57.8 Å². The number of hydrogen-bond acceptors (Lipinski definition) is 4. The lowest BCUT2D eigenvalue weighted by Gasteiger charge is -2.14. The number of esters is 1. The largest absolute Gasteiger partial charge is 0.465 e. The van der Waals surface area contributed by atoms with Crippen LogP contribution in [-0.4, -0.2) is 22.1 Å². The summed E-state index contributed by atoms with van der Waals surface area (Å²) in [5.41, 5.74) is 0.669. The van der Waals surface area contributed by atoms with Gasteiger partial charge >= 0.3 is 11.7 Å². The molecule has 3 atom stereocenters. The number of hydrogen-bond donors (Lipinski definition) is 1. The number of H-pyrrole nitrogens is 1. The van der Waals surface area contributed by atoms with Crippen molar-refractivity contribution in [2.24, 2.45) is 17.8 Å². The predicted octanol–water partition coefficient (Wildman–Crippen LogP) is 2.94. The SMILES string of the molecule is Cc1c(C)n(CCCCCCOC(=O)C2CC(C)CC2C)c(=O)[nH]c1=O. The van der Waals surface area contributed by atoms with Crippen molar-refractivity contribution in [3.63, 3.8) is 0 Å². The third kappa shape index (κ3) is 5.08. The summed E-state index contributed by atoms with van der Waals surface area (Å²) in [6.45, 7) is 8.94. The monoisotopic (exact) mass is 364 g/mol. The van der Waals surface area contributed by atoms with Crippen molar-refractivity contribution in [1.82, 2.24) is 9.55 Å². The lowest BCUT2D eigenvalue weighted by atomic mass is 9.99. The minimum atomic E-state index is -0.341. The van der Waals surface area contributed by atoms with E-state index in [4.69, 9.17) is 4.74 Å². The van der Waals surface area contributed by atoms with E-state index in [1.54, 1.807) is 18.4 Å². The molecule has 0 aromatic carbocycles. The molecule has 1 N–H and O–H groups in total. The van der Waals surface area contributed by atoms with Crippen molar-refractivity contribution in [2.45, 2.75) is 72.8 Å². The number of carbonyl (C=O) groups is 1. The van der Waals surface area contributed by atoms with E-state index in [0.717, 1.165) is 44.2 Å². The fourth-order valence-electron chi connectivity index (χ4n) is 3.94. The molecule has 0 aliphatic heterocycles. The maximum atomic E-state index is 12.1. The molecule has 146 valence electrons. The molecule has 1 aromatic heterocycles. The van der Waals surface area contributed by atoms with Crippen molar-refractivity contribution in [3.8, 4) is 0 Å². The summed E-state index contributed by atoms with van der Waals surface area (Å²) in [7, 11) is 0. The van der Waals surface area contributed by atoms with Crippen LogP contribution in [0.4, 0.5) is 0 Å². The molecule has 1 aliphatic rings. The van der Waals surface area contributed by atoms with Crippen LogP contribution in [0.1, 0.15) is 63.6 Å². The van der Waals surface area contributed by atoms with Gasteiger partial charge in [-0.3, -0.25) is 19.1 Å². The van der Waals surface area contributed by atoms with Crippen LogP contribution in [-0.2, 0) is 16.1 Å². The first-order valence-electron chi connectivity index (χ1n) is 9.78. The van der Waals surface area contributed by atoms with Crippen molar-refractivity contribution >= 4 is 5.97 Å². The maximum absolute atomic E-state index is 12.1. The van der Waals surface area contributed by atoms with E-state index in [1.807, 2.05) is 0 Å². The summed E-state index contributed by atoms with van der Waals surface area (Å²) < 4.78 is 7.07. The second-order valence-corrected chi connectivity index (χ2v) is 7.86. The molecule has 0 bridgehead atoms. The number of rotatable bonds is 8. The molecule has 1 fully saturated rings. The van der Waals surface area contributed by atoms with Crippen LogP contribution < -0.4 is 11.2 Å². The average Bonchev–Trinajstić information content (AvgIpc) is 2.92. The van der Waals surface area contributed by atoms with E-state index in [-0.39, 0.29) is 23.1 Å². The van der Waals surface area contributed by atoms with Crippen LogP contribution in [0.15, 0.2) is 9.59 Å². The summed E-state index contributed by atoms with van der Waals surface area (Å²) >= 11 is 0. The first kappa shape index (κ1) is 20.5. The van der Waals surface area contributed by atoms with Gasteiger partial charge in [0.1, 0.15) is 0 Å². The van der Waals surface area contributed by atoms with Crippen molar-refractivity contribution in [3.05, 3.63) is 32.1 Å². The molecule has 1 aliphatic carbocycles. The summed E-state index contributed by atoms with van der Waals surface area (Å²) in [5.74, 6) is 1.09. The fourth-order valence-corrected chi connectivity index (χ4v) is 3.94. The van der Waals surface area contributed by atoms with E-state index >= 15 is 0 Å². The molecule has 0 amide bonds. The third-order valence-corrected chi connectivity index (χ3v) is 5.69. The minimum Gasteiger partial charge on any atom is -0.465 e. The Balaban J connectivity index is 1.65. The number of ether oxygens (including phenoxy) is 1. The molecule has 2 rings (SSSR count). The number of unbranched alkanes of at least 4 members (excludes halogenated alkanes) is 3. The third-order valence-electron chi connectivity index (χ3n) is 5.69. The fraction of sp³-hybridized carbons (Fsp3) is 0.750. The first-order chi connectivity index (χ1) is 12.3. The Kier molecular flexibility index (Phi) is 7.23. The topological polar surface area (TPSA) is 81.2 Å². The zero-order valence-corrected chi connectivity index (χ0v) is 16.5. The van der Waals surface area contributed by atoms with Gasteiger partial charge in [-0.25, -0.2) is 4.79 Å². The number of nitrogens with one attached hydrogen (secondary N) is 1. The molecule has 6 heteroatoms. The number of aromatic nitrogens is 2. The highest BCUT2D eigenvalue weighted by molar-refractivity contribution is 5.73. The van der Waals surface area contributed by atoms with Crippen LogP contribution in [0.3, 0.4) is 0 Å². The first-order valence-corrected chi connectivity index (χ1v) is 9.78. The minimum absolute atomic E-state index is 0.0345. The molecule has 26 heavy (non-hydrogen) atoms. The van der Waals surface area contributed by atoms with E-state index < -0.39 is 0 Å². The van der Waals surface area contributed by atoms with Gasteiger partial charge in [0, 0.05) is 17.8 Å². The van der Waals surface area contributed by atoms with Gasteiger partial charge in [0.15, 0.2) is 0 Å². The van der Waals surface area contributed by atoms with E-state index in [0.29, 0.717) is 30.6 Å². The molecule has 6 nitrogen and oxygen atoms in total. The van der Waals surface area contributed by atoms with Crippen molar-refractivity contribution < 1.29 is 9.53 Å². The van der Waals surface area contributed by atoms with Gasteiger partial charge < -0.3 is 4.74 Å². The molecular formula is C20H32N2O4. The Labute approximate surface area is 155 Å². The summed E-state index contributed by atoms with van der Waals surface area (Å²) in [6.07, 6.45) is 5.69. The quantitative estimate of drug-likeness (QED) is 0.568. The molecule has 3 unspecified atom stereocenters. The van der Waals surface area contributed by atoms with Crippen LogP contribution in [0.25, 0.3) is 0 Å². The van der Waals surface area contributed by atoms with Crippen LogP contribution in [0.2, 0.25) is 0 Å². The standard InChI is InChI=1S/C20H32N2O4/c1-13-11-14(2)17(12-13)19(24)26-10-8-6-5-7-9-22-16(4)15(3)18(23)21-20(22)25/h13-14,17H,5-12H2,1-4H3,(H,21,23,25). The Morgan fingerprint density at radius 3 is 2.46 bits per heavy atom. The smallest absolute Gasteiger partial charge is 0.328 e.